The number of piperidine rings is 1. The summed E-state index contributed by atoms with van der Waals surface area (Å²) < 4.78 is 4.50. The summed E-state index contributed by atoms with van der Waals surface area (Å²) in [6, 6.07) is 10.5. The Morgan fingerprint density at radius 3 is 2.46 bits per heavy atom. The Kier molecular flexibility index (Phi) is 5.62. The fourth-order valence-electron chi connectivity index (χ4n) is 4.29. The lowest BCUT2D eigenvalue weighted by molar-refractivity contribution is 0.167. The Balaban J connectivity index is 1.38. The Hall–Kier alpha value is -2.40. The number of hydrogen-bond donors (Lipinski definition) is 0. The lowest BCUT2D eigenvalue weighted by Gasteiger charge is -2.32. The van der Waals surface area contributed by atoms with Crippen molar-refractivity contribution in [2.24, 2.45) is 5.92 Å². The standard InChI is InChI=1S/C23H31N5/c1-4-28-19(3)22(15-25-28)17-26-12-10-20(11-13-26)16-27-18(2)14-24-23(27)21-8-6-5-7-9-21/h5-9,14-15,20H,4,10-13,16-17H2,1-3H3. The average molecular weight is 378 g/mol. The molecule has 1 saturated heterocycles. The van der Waals surface area contributed by atoms with E-state index in [1.807, 2.05) is 12.4 Å². The minimum Gasteiger partial charge on any atom is -0.328 e. The van der Waals surface area contributed by atoms with Crippen molar-refractivity contribution in [2.75, 3.05) is 13.1 Å². The topological polar surface area (TPSA) is 38.9 Å². The summed E-state index contributed by atoms with van der Waals surface area (Å²) in [5.41, 5.74) is 5.14. The first-order valence-corrected chi connectivity index (χ1v) is 10.5. The maximum atomic E-state index is 4.69. The summed E-state index contributed by atoms with van der Waals surface area (Å²) in [7, 11) is 0. The lowest BCUT2D eigenvalue weighted by atomic mass is 9.96. The van der Waals surface area contributed by atoms with Crippen LogP contribution in [-0.2, 0) is 19.6 Å². The summed E-state index contributed by atoms with van der Waals surface area (Å²) in [5, 5.41) is 4.49. The highest BCUT2D eigenvalue weighted by Crippen LogP contribution is 2.26. The predicted octanol–water partition coefficient (Wildman–Crippen LogP) is 4.30. The van der Waals surface area contributed by atoms with E-state index in [0.29, 0.717) is 5.92 Å². The van der Waals surface area contributed by atoms with Gasteiger partial charge in [-0.2, -0.15) is 5.10 Å². The quantitative estimate of drug-likeness (QED) is 0.643. The molecule has 148 valence electrons. The second-order valence-corrected chi connectivity index (χ2v) is 7.99. The minimum absolute atomic E-state index is 0.714. The Morgan fingerprint density at radius 1 is 1.04 bits per heavy atom. The van der Waals surface area contributed by atoms with E-state index in [4.69, 9.17) is 0 Å². The first-order valence-electron chi connectivity index (χ1n) is 10.5. The second kappa shape index (κ2) is 8.31. The third kappa shape index (κ3) is 3.90. The minimum atomic E-state index is 0.714. The fourth-order valence-corrected chi connectivity index (χ4v) is 4.29. The molecule has 3 aromatic rings. The van der Waals surface area contributed by atoms with Crippen LogP contribution in [0.5, 0.6) is 0 Å². The zero-order valence-corrected chi connectivity index (χ0v) is 17.3. The lowest BCUT2D eigenvalue weighted by Crippen LogP contribution is -2.34. The summed E-state index contributed by atoms with van der Waals surface area (Å²) in [6.45, 7) is 11.9. The van der Waals surface area contributed by atoms with Gasteiger partial charge in [0, 0.05) is 48.3 Å². The van der Waals surface area contributed by atoms with Crippen molar-refractivity contribution in [3.05, 3.63) is 59.7 Å². The summed E-state index contributed by atoms with van der Waals surface area (Å²) in [4.78, 5) is 7.27. The van der Waals surface area contributed by atoms with Crippen molar-refractivity contribution in [2.45, 2.75) is 53.2 Å². The number of aromatic nitrogens is 4. The molecule has 28 heavy (non-hydrogen) atoms. The molecule has 5 nitrogen and oxygen atoms in total. The molecular weight excluding hydrogens is 346 g/mol. The predicted molar refractivity (Wildman–Crippen MR) is 113 cm³/mol. The Bertz CT molecular complexity index is 900. The van der Waals surface area contributed by atoms with Gasteiger partial charge in [-0.1, -0.05) is 30.3 Å². The molecule has 5 heteroatoms. The number of rotatable bonds is 6. The van der Waals surface area contributed by atoms with Crippen molar-refractivity contribution in [3.63, 3.8) is 0 Å². The fraction of sp³-hybridized carbons (Fsp3) is 0.478. The third-order valence-electron chi connectivity index (χ3n) is 6.13. The molecule has 0 N–H and O–H groups in total. The van der Waals surface area contributed by atoms with Crippen molar-refractivity contribution in [3.8, 4) is 11.4 Å². The van der Waals surface area contributed by atoms with Crippen molar-refractivity contribution < 1.29 is 0 Å². The van der Waals surface area contributed by atoms with Gasteiger partial charge in [-0.3, -0.25) is 9.58 Å². The van der Waals surface area contributed by atoms with Crippen LogP contribution in [0.1, 0.15) is 36.7 Å². The normalized spacial score (nSPS) is 16.0. The molecule has 0 atom stereocenters. The van der Waals surface area contributed by atoms with Crippen LogP contribution >= 0.6 is 0 Å². The highest BCUT2D eigenvalue weighted by molar-refractivity contribution is 5.55. The monoisotopic (exact) mass is 377 g/mol. The van der Waals surface area contributed by atoms with Gasteiger partial charge in [0.1, 0.15) is 5.82 Å². The van der Waals surface area contributed by atoms with E-state index in [9.17, 15) is 0 Å². The maximum Gasteiger partial charge on any atom is 0.140 e. The summed E-state index contributed by atoms with van der Waals surface area (Å²) >= 11 is 0. The number of benzene rings is 1. The summed E-state index contributed by atoms with van der Waals surface area (Å²) in [5.74, 6) is 1.81. The van der Waals surface area contributed by atoms with Crippen molar-refractivity contribution in [1.82, 2.24) is 24.2 Å². The van der Waals surface area contributed by atoms with E-state index in [2.05, 4.69) is 75.3 Å². The molecule has 0 spiro atoms. The molecule has 0 unspecified atom stereocenters. The van der Waals surface area contributed by atoms with Crippen LogP contribution < -0.4 is 0 Å². The maximum absolute atomic E-state index is 4.69. The van der Waals surface area contributed by atoms with Crippen LogP contribution in [-0.4, -0.2) is 37.3 Å². The van der Waals surface area contributed by atoms with Gasteiger partial charge in [0.25, 0.3) is 0 Å². The van der Waals surface area contributed by atoms with Crippen molar-refractivity contribution in [1.29, 1.82) is 0 Å². The summed E-state index contributed by atoms with van der Waals surface area (Å²) in [6.07, 6.45) is 6.54. The molecule has 0 bridgehead atoms. The Morgan fingerprint density at radius 2 is 1.79 bits per heavy atom. The molecular formula is C23H31N5. The molecule has 1 aromatic carbocycles. The van der Waals surface area contributed by atoms with E-state index in [-0.39, 0.29) is 0 Å². The van der Waals surface area contributed by atoms with Crippen molar-refractivity contribution >= 4 is 0 Å². The number of nitrogens with zero attached hydrogens (tertiary/aromatic N) is 5. The molecule has 3 heterocycles. The number of aryl methyl sites for hydroxylation is 2. The van der Waals surface area contributed by atoms with Crippen LogP contribution in [0, 0.1) is 19.8 Å². The van der Waals surface area contributed by atoms with Gasteiger partial charge >= 0.3 is 0 Å². The van der Waals surface area contributed by atoms with Crippen LogP contribution in [0.15, 0.2) is 42.7 Å². The van der Waals surface area contributed by atoms with Crippen LogP contribution in [0.3, 0.4) is 0 Å². The molecule has 0 aliphatic carbocycles. The molecule has 1 aliphatic heterocycles. The smallest absolute Gasteiger partial charge is 0.140 e. The molecule has 0 saturated carbocycles. The number of hydrogen-bond acceptors (Lipinski definition) is 3. The van der Waals surface area contributed by atoms with Gasteiger partial charge in [-0.25, -0.2) is 4.98 Å². The molecule has 2 aromatic heterocycles. The molecule has 0 radical (unpaired) electrons. The Labute approximate surface area is 168 Å². The molecule has 4 rings (SSSR count). The van der Waals surface area contributed by atoms with E-state index in [1.54, 1.807) is 0 Å². The van der Waals surface area contributed by atoms with Crippen LogP contribution in [0.25, 0.3) is 11.4 Å². The van der Waals surface area contributed by atoms with Crippen LogP contribution in [0.4, 0.5) is 0 Å². The third-order valence-corrected chi connectivity index (χ3v) is 6.13. The highest BCUT2D eigenvalue weighted by atomic mass is 15.3. The van der Waals surface area contributed by atoms with E-state index < -0.39 is 0 Å². The van der Waals surface area contributed by atoms with Gasteiger partial charge in [0.05, 0.1) is 6.20 Å². The van der Waals surface area contributed by atoms with Gasteiger partial charge < -0.3 is 4.57 Å². The van der Waals surface area contributed by atoms with E-state index in [0.717, 1.165) is 38.5 Å². The average Bonchev–Trinajstić information content (AvgIpc) is 3.27. The largest absolute Gasteiger partial charge is 0.328 e. The number of imidazole rings is 1. The SMILES string of the molecule is CCn1ncc(CN2CCC(Cn3c(C)cnc3-c3ccccc3)CC2)c1C. The first-order chi connectivity index (χ1) is 13.7. The second-order valence-electron chi connectivity index (χ2n) is 7.99. The first kappa shape index (κ1) is 18.9. The zero-order chi connectivity index (χ0) is 19.5. The zero-order valence-electron chi connectivity index (χ0n) is 17.3. The van der Waals surface area contributed by atoms with Gasteiger partial charge in [0.2, 0.25) is 0 Å². The van der Waals surface area contributed by atoms with E-state index in [1.165, 1.54) is 35.4 Å². The molecule has 1 aliphatic rings. The van der Waals surface area contributed by atoms with Gasteiger partial charge in [0.15, 0.2) is 0 Å². The van der Waals surface area contributed by atoms with Crippen LogP contribution in [0.2, 0.25) is 0 Å². The molecule has 1 fully saturated rings. The van der Waals surface area contributed by atoms with Gasteiger partial charge in [-0.15, -0.1) is 0 Å². The van der Waals surface area contributed by atoms with Gasteiger partial charge in [-0.05, 0) is 52.6 Å². The highest BCUT2D eigenvalue weighted by Gasteiger charge is 2.22. The number of likely N-dealkylation sites (tertiary alicyclic amines) is 1. The molecule has 0 amide bonds. The van der Waals surface area contributed by atoms with E-state index >= 15 is 0 Å².